The van der Waals surface area contributed by atoms with Gasteiger partial charge in [0.1, 0.15) is 5.82 Å². The molecule has 0 fully saturated rings. The van der Waals surface area contributed by atoms with Crippen LogP contribution in [0.2, 0.25) is 0 Å². The van der Waals surface area contributed by atoms with Gasteiger partial charge < -0.3 is 16.0 Å². The van der Waals surface area contributed by atoms with Gasteiger partial charge in [0.2, 0.25) is 11.8 Å². The van der Waals surface area contributed by atoms with E-state index < -0.39 is 17.1 Å². The van der Waals surface area contributed by atoms with Gasteiger partial charge in [0, 0.05) is 35.3 Å². The molecule has 2 aromatic rings. The van der Waals surface area contributed by atoms with Crippen molar-refractivity contribution < 1.29 is 18.8 Å². The highest BCUT2D eigenvalue weighted by Gasteiger charge is 2.20. The number of nitrogens with one attached hydrogen (secondary N) is 3. The van der Waals surface area contributed by atoms with Crippen LogP contribution in [0.15, 0.2) is 48.5 Å². The van der Waals surface area contributed by atoms with Crippen LogP contribution in [-0.2, 0) is 9.59 Å². The summed E-state index contributed by atoms with van der Waals surface area (Å²) in [5.74, 6) is -1.27. The maximum atomic E-state index is 13.2. The summed E-state index contributed by atoms with van der Waals surface area (Å²) in [4.78, 5) is 36.1. The summed E-state index contributed by atoms with van der Waals surface area (Å²) in [5.41, 5.74) is 0.607. The minimum Gasteiger partial charge on any atom is -0.355 e. The van der Waals surface area contributed by atoms with Gasteiger partial charge in [-0.25, -0.2) is 4.39 Å². The molecule has 0 aliphatic rings. The van der Waals surface area contributed by atoms with Crippen LogP contribution in [0.1, 0.15) is 37.6 Å². The molecule has 0 saturated heterocycles. The van der Waals surface area contributed by atoms with Crippen molar-refractivity contribution >= 4 is 29.1 Å². The number of hydrogen-bond acceptors (Lipinski definition) is 3. The molecule has 148 valence electrons. The Kier molecular flexibility index (Phi) is 6.87. The van der Waals surface area contributed by atoms with Crippen LogP contribution in [0.4, 0.5) is 15.8 Å². The SMILES string of the molecule is CC(C)(C)C(=O)NCCC(=O)Nc1cccc(C(=O)Nc2cccc(F)c2)c1. The van der Waals surface area contributed by atoms with Crippen LogP contribution in [0, 0.1) is 11.2 Å². The fourth-order valence-electron chi connectivity index (χ4n) is 2.29. The lowest BCUT2D eigenvalue weighted by Crippen LogP contribution is -2.36. The molecular formula is C21H24FN3O3. The number of halogens is 1. The molecule has 0 radical (unpaired) electrons. The summed E-state index contributed by atoms with van der Waals surface area (Å²) in [6, 6.07) is 12.0. The predicted molar refractivity (Wildman–Crippen MR) is 107 cm³/mol. The third kappa shape index (κ3) is 6.50. The zero-order valence-corrected chi connectivity index (χ0v) is 16.1. The molecule has 0 aliphatic carbocycles. The summed E-state index contributed by atoms with van der Waals surface area (Å²) in [7, 11) is 0. The van der Waals surface area contributed by atoms with Crippen molar-refractivity contribution in [3.63, 3.8) is 0 Å². The first-order valence-electron chi connectivity index (χ1n) is 8.90. The van der Waals surface area contributed by atoms with Crippen LogP contribution in [0.3, 0.4) is 0 Å². The van der Waals surface area contributed by atoms with Gasteiger partial charge >= 0.3 is 0 Å². The molecule has 28 heavy (non-hydrogen) atoms. The molecule has 0 bridgehead atoms. The van der Waals surface area contributed by atoms with E-state index in [1.807, 2.05) is 0 Å². The average Bonchev–Trinajstić information content (AvgIpc) is 2.61. The van der Waals surface area contributed by atoms with Gasteiger partial charge in [-0.05, 0) is 36.4 Å². The standard InChI is InChI=1S/C21H24FN3O3/c1-21(2,3)20(28)23-11-10-18(26)24-16-8-4-6-14(12-16)19(27)25-17-9-5-7-15(22)13-17/h4-9,12-13H,10-11H2,1-3H3,(H,23,28)(H,24,26)(H,25,27). The van der Waals surface area contributed by atoms with E-state index in [2.05, 4.69) is 16.0 Å². The van der Waals surface area contributed by atoms with Gasteiger partial charge in [0.25, 0.3) is 5.91 Å². The fraction of sp³-hybridized carbons (Fsp3) is 0.286. The van der Waals surface area contributed by atoms with E-state index >= 15 is 0 Å². The van der Waals surface area contributed by atoms with E-state index in [1.54, 1.807) is 45.0 Å². The zero-order valence-electron chi connectivity index (χ0n) is 16.1. The molecule has 0 atom stereocenters. The smallest absolute Gasteiger partial charge is 0.255 e. The molecule has 0 aliphatic heterocycles. The predicted octanol–water partition coefficient (Wildman–Crippen LogP) is 3.57. The first-order chi connectivity index (χ1) is 13.1. The molecule has 0 saturated carbocycles. The number of hydrogen-bond donors (Lipinski definition) is 3. The summed E-state index contributed by atoms with van der Waals surface area (Å²) < 4.78 is 13.2. The van der Waals surface area contributed by atoms with Crippen molar-refractivity contribution in [2.45, 2.75) is 27.2 Å². The minimum absolute atomic E-state index is 0.113. The van der Waals surface area contributed by atoms with Gasteiger partial charge in [-0.2, -0.15) is 0 Å². The lowest BCUT2D eigenvalue weighted by atomic mass is 9.96. The Hall–Kier alpha value is -3.22. The van der Waals surface area contributed by atoms with Crippen LogP contribution < -0.4 is 16.0 Å². The van der Waals surface area contributed by atoms with Crippen LogP contribution >= 0.6 is 0 Å². The Morgan fingerprint density at radius 2 is 1.57 bits per heavy atom. The van der Waals surface area contributed by atoms with E-state index in [-0.39, 0.29) is 24.8 Å². The maximum absolute atomic E-state index is 13.2. The van der Waals surface area contributed by atoms with E-state index in [0.29, 0.717) is 16.9 Å². The van der Waals surface area contributed by atoms with Gasteiger partial charge in [0.05, 0.1) is 0 Å². The third-order valence-electron chi connectivity index (χ3n) is 3.81. The average molecular weight is 385 g/mol. The van der Waals surface area contributed by atoms with Crippen molar-refractivity contribution in [2.75, 3.05) is 17.2 Å². The number of carbonyl (C=O) groups excluding carboxylic acids is 3. The lowest BCUT2D eigenvalue weighted by molar-refractivity contribution is -0.128. The Morgan fingerprint density at radius 3 is 2.21 bits per heavy atom. The second kappa shape index (κ2) is 9.12. The number of benzene rings is 2. The molecule has 3 N–H and O–H groups in total. The number of anilines is 2. The Bertz CT molecular complexity index is 875. The third-order valence-corrected chi connectivity index (χ3v) is 3.81. The van der Waals surface area contributed by atoms with Gasteiger partial charge in [-0.15, -0.1) is 0 Å². The molecule has 0 spiro atoms. The molecule has 7 heteroatoms. The van der Waals surface area contributed by atoms with E-state index in [4.69, 9.17) is 0 Å². The van der Waals surface area contributed by atoms with E-state index in [1.165, 1.54) is 24.3 Å². The number of amides is 3. The topological polar surface area (TPSA) is 87.3 Å². The molecule has 2 aromatic carbocycles. The maximum Gasteiger partial charge on any atom is 0.255 e. The van der Waals surface area contributed by atoms with Gasteiger partial charge in [-0.1, -0.05) is 32.9 Å². The summed E-state index contributed by atoms with van der Waals surface area (Å²) in [5, 5.41) is 8.00. The van der Waals surface area contributed by atoms with E-state index in [9.17, 15) is 18.8 Å². The highest BCUT2D eigenvalue weighted by Crippen LogP contribution is 2.15. The fourth-order valence-corrected chi connectivity index (χ4v) is 2.29. The number of carbonyl (C=O) groups is 3. The monoisotopic (exact) mass is 385 g/mol. The van der Waals surface area contributed by atoms with Crippen molar-refractivity contribution in [2.24, 2.45) is 5.41 Å². The second-order valence-electron chi connectivity index (χ2n) is 7.35. The molecule has 2 rings (SSSR count). The van der Waals surface area contributed by atoms with Gasteiger partial charge in [-0.3, -0.25) is 14.4 Å². The van der Waals surface area contributed by atoms with Crippen molar-refractivity contribution in [1.29, 1.82) is 0 Å². The summed E-state index contributed by atoms with van der Waals surface area (Å²) in [6.45, 7) is 5.61. The molecular weight excluding hydrogens is 361 g/mol. The number of rotatable bonds is 6. The molecule has 0 aromatic heterocycles. The Morgan fingerprint density at radius 1 is 0.929 bits per heavy atom. The largest absolute Gasteiger partial charge is 0.355 e. The highest BCUT2D eigenvalue weighted by atomic mass is 19.1. The highest BCUT2D eigenvalue weighted by molar-refractivity contribution is 6.05. The first-order valence-corrected chi connectivity index (χ1v) is 8.90. The van der Waals surface area contributed by atoms with Crippen molar-refractivity contribution in [1.82, 2.24) is 5.32 Å². The normalized spacial score (nSPS) is 10.9. The van der Waals surface area contributed by atoms with Crippen LogP contribution in [0.25, 0.3) is 0 Å². The Labute approximate surface area is 163 Å². The minimum atomic E-state index is -0.514. The lowest BCUT2D eigenvalue weighted by Gasteiger charge is -2.17. The van der Waals surface area contributed by atoms with Crippen molar-refractivity contribution in [3.8, 4) is 0 Å². The molecule has 0 heterocycles. The Balaban J connectivity index is 1.91. The van der Waals surface area contributed by atoms with Crippen LogP contribution in [-0.4, -0.2) is 24.3 Å². The van der Waals surface area contributed by atoms with Crippen LogP contribution in [0.5, 0.6) is 0 Å². The second-order valence-corrected chi connectivity index (χ2v) is 7.35. The zero-order chi connectivity index (χ0) is 20.7. The summed E-state index contributed by atoms with van der Waals surface area (Å²) >= 11 is 0. The molecule has 3 amide bonds. The van der Waals surface area contributed by atoms with E-state index in [0.717, 1.165) is 0 Å². The molecule has 0 unspecified atom stereocenters. The first kappa shape index (κ1) is 21.1. The van der Waals surface area contributed by atoms with Gasteiger partial charge in [0.15, 0.2) is 0 Å². The molecule has 6 nitrogen and oxygen atoms in total. The quantitative estimate of drug-likeness (QED) is 0.710. The summed E-state index contributed by atoms with van der Waals surface area (Å²) in [6.07, 6.45) is 0.113. The van der Waals surface area contributed by atoms with Crippen molar-refractivity contribution in [3.05, 3.63) is 59.9 Å².